The van der Waals surface area contributed by atoms with Gasteiger partial charge in [0.05, 0.1) is 17.7 Å². The molecule has 96 valence electrons. The molecule has 1 N–H and O–H groups in total. The highest BCUT2D eigenvalue weighted by molar-refractivity contribution is 5.61. The Morgan fingerprint density at radius 3 is 2.79 bits per heavy atom. The molecule has 1 aromatic carbocycles. The normalized spacial score (nSPS) is 15.8. The fourth-order valence-corrected chi connectivity index (χ4v) is 2.27. The Labute approximate surface area is 112 Å². The Morgan fingerprint density at radius 1 is 1.37 bits per heavy atom. The van der Waals surface area contributed by atoms with Gasteiger partial charge in [0.2, 0.25) is 0 Å². The van der Waals surface area contributed by atoms with E-state index >= 15 is 0 Å². The van der Waals surface area contributed by atoms with Crippen LogP contribution in [0.3, 0.4) is 0 Å². The third-order valence-electron chi connectivity index (χ3n) is 3.72. The molecule has 1 heterocycles. The molecule has 0 saturated heterocycles. The molecule has 1 saturated carbocycles. The molecule has 1 aromatic heterocycles. The van der Waals surface area contributed by atoms with Crippen molar-refractivity contribution in [3.05, 3.63) is 42.1 Å². The zero-order valence-corrected chi connectivity index (χ0v) is 10.9. The Morgan fingerprint density at radius 2 is 2.16 bits per heavy atom. The number of rotatable bonds is 4. The number of hydrogen-bond donors (Lipinski definition) is 1. The summed E-state index contributed by atoms with van der Waals surface area (Å²) in [6.07, 6.45) is 4.63. The number of nitrogens with one attached hydrogen (secondary N) is 1. The van der Waals surface area contributed by atoms with Crippen molar-refractivity contribution in [2.45, 2.75) is 19.3 Å². The fourth-order valence-electron chi connectivity index (χ4n) is 2.27. The highest BCUT2D eigenvalue weighted by Crippen LogP contribution is 2.48. The second kappa shape index (κ2) is 4.43. The van der Waals surface area contributed by atoms with Crippen molar-refractivity contribution in [3.63, 3.8) is 0 Å². The van der Waals surface area contributed by atoms with E-state index in [0.29, 0.717) is 0 Å². The molecule has 1 fully saturated rings. The molecule has 1 aliphatic rings. The van der Waals surface area contributed by atoms with Gasteiger partial charge in [-0.25, -0.2) is 0 Å². The lowest BCUT2D eigenvalue weighted by Gasteiger charge is -2.13. The number of aromatic nitrogens is 2. The fraction of sp³-hybridized carbons (Fsp3) is 0.333. The number of nitriles is 1. The molecule has 1 aliphatic carbocycles. The van der Waals surface area contributed by atoms with E-state index in [2.05, 4.69) is 28.6 Å². The summed E-state index contributed by atoms with van der Waals surface area (Å²) < 4.78 is 1.80. The first-order valence-electron chi connectivity index (χ1n) is 6.47. The van der Waals surface area contributed by atoms with Crippen LogP contribution in [0.1, 0.15) is 18.4 Å². The van der Waals surface area contributed by atoms with Crippen LogP contribution in [0.4, 0.5) is 11.5 Å². The number of hydrogen-bond acceptors (Lipinski definition) is 3. The Kier molecular flexibility index (Phi) is 2.75. The molecule has 2 aromatic rings. The maximum atomic E-state index is 9.23. The van der Waals surface area contributed by atoms with Crippen molar-refractivity contribution < 1.29 is 0 Å². The number of anilines is 2. The quantitative estimate of drug-likeness (QED) is 0.910. The molecular formula is C15H16N4. The zero-order chi connectivity index (χ0) is 13.3. The molecule has 0 atom stereocenters. The van der Waals surface area contributed by atoms with Crippen LogP contribution < -0.4 is 5.32 Å². The third kappa shape index (κ3) is 2.32. The first-order chi connectivity index (χ1) is 9.22. The lowest BCUT2D eigenvalue weighted by Crippen LogP contribution is -2.06. The van der Waals surface area contributed by atoms with Gasteiger partial charge >= 0.3 is 0 Å². The summed E-state index contributed by atoms with van der Waals surface area (Å²) >= 11 is 0. The molecule has 4 heteroatoms. The van der Waals surface area contributed by atoms with Gasteiger partial charge in [-0.2, -0.15) is 10.4 Å². The van der Waals surface area contributed by atoms with E-state index in [1.165, 1.54) is 5.56 Å². The van der Waals surface area contributed by atoms with E-state index in [-0.39, 0.29) is 5.41 Å². The van der Waals surface area contributed by atoms with Crippen LogP contribution in [-0.2, 0) is 13.5 Å². The van der Waals surface area contributed by atoms with Crippen LogP contribution in [0.5, 0.6) is 0 Å². The average Bonchev–Trinajstić information content (AvgIpc) is 3.09. The molecule has 3 rings (SSSR count). The van der Waals surface area contributed by atoms with Crippen molar-refractivity contribution >= 4 is 11.5 Å². The van der Waals surface area contributed by atoms with E-state index < -0.39 is 0 Å². The number of benzene rings is 1. The van der Waals surface area contributed by atoms with E-state index in [0.717, 1.165) is 30.8 Å². The number of aryl methyl sites for hydroxylation is 1. The van der Waals surface area contributed by atoms with E-state index in [4.69, 9.17) is 0 Å². The van der Waals surface area contributed by atoms with Crippen LogP contribution >= 0.6 is 0 Å². The van der Waals surface area contributed by atoms with Crippen LogP contribution in [0.15, 0.2) is 36.5 Å². The first-order valence-corrected chi connectivity index (χ1v) is 6.47. The summed E-state index contributed by atoms with van der Waals surface area (Å²) in [5.41, 5.74) is 2.14. The maximum Gasteiger partial charge on any atom is 0.128 e. The van der Waals surface area contributed by atoms with Crippen molar-refractivity contribution in [1.29, 1.82) is 5.26 Å². The Bertz CT molecular complexity index is 632. The minimum Gasteiger partial charge on any atom is -0.340 e. The minimum atomic E-state index is -0.121. The highest BCUT2D eigenvalue weighted by atomic mass is 15.3. The standard InChI is InChI=1S/C15H16N4/c1-19-14(6-9-17-19)18-13-5-3-2-4-12(13)10-15(11-16)7-8-15/h2-6,9,18H,7-8,10H2,1H3. The largest absolute Gasteiger partial charge is 0.340 e. The molecule has 0 bridgehead atoms. The van der Waals surface area contributed by atoms with E-state index in [9.17, 15) is 5.26 Å². The van der Waals surface area contributed by atoms with Gasteiger partial charge in [-0.1, -0.05) is 18.2 Å². The lowest BCUT2D eigenvalue weighted by molar-refractivity contribution is 0.666. The minimum absolute atomic E-state index is 0.121. The second-order valence-electron chi connectivity index (χ2n) is 5.19. The first kappa shape index (κ1) is 11.8. The van der Waals surface area contributed by atoms with Crippen molar-refractivity contribution in [2.24, 2.45) is 12.5 Å². The van der Waals surface area contributed by atoms with Gasteiger partial charge in [0.1, 0.15) is 5.82 Å². The van der Waals surface area contributed by atoms with Gasteiger partial charge in [0.25, 0.3) is 0 Å². The molecule has 0 unspecified atom stereocenters. The van der Waals surface area contributed by atoms with Crippen molar-refractivity contribution in [3.8, 4) is 6.07 Å². The van der Waals surface area contributed by atoms with Crippen LogP contribution in [0.2, 0.25) is 0 Å². The smallest absolute Gasteiger partial charge is 0.128 e. The van der Waals surface area contributed by atoms with E-state index in [1.807, 2.05) is 25.2 Å². The van der Waals surface area contributed by atoms with Gasteiger partial charge in [0, 0.05) is 18.8 Å². The average molecular weight is 252 g/mol. The summed E-state index contributed by atoms with van der Waals surface area (Å²) in [6, 6.07) is 12.6. The maximum absolute atomic E-state index is 9.23. The van der Waals surface area contributed by atoms with Crippen molar-refractivity contribution in [1.82, 2.24) is 9.78 Å². The third-order valence-corrected chi connectivity index (χ3v) is 3.72. The van der Waals surface area contributed by atoms with Gasteiger partial charge in [0.15, 0.2) is 0 Å². The summed E-state index contributed by atoms with van der Waals surface area (Å²) in [5, 5.41) is 16.8. The van der Waals surface area contributed by atoms with Crippen LogP contribution in [0, 0.1) is 16.7 Å². The predicted octanol–water partition coefficient (Wildman–Crippen LogP) is 3.01. The van der Waals surface area contributed by atoms with Gasteiger partial charge < -0.3 is 5.32 Å². The molecule has 0 spiro atoms. The van der Waals surface area contributed by atoms with Crippen LogP contribution in [0.25, 0.3) is 0 Å². The number of nitrogens with zero attached hydrogens (tertiary/aromatic N) is 3. The monoisotopic (exact) mass is 252 g/mol. The topological polar surface area (TPSA) is 53.6 Å². The SMILES string of the molecule is Cn1nccc1Nc1ccccc1CC1(C#N)CC1. The molecule has 0 aliphatic heterocycles. The molecule has 0 radical (unpaired) electrons. The second-order valence-corrected chi connectivity index (χ2v) is 5.19. The summed E-state index contributed by atoms with van der Waals surface area (Å²) in [6.45, 7) is 0. The van der Waals surface area contributed by atoms with Gasteiger partial charge in [-0.3, -0.25) is 4.68 Å². The lowest BCUT2D eigenvalue weighted by atomic mass is 9.97. The zero-order valence-electron chi connectivity index (χ0n) is 10.9. The molecule has 0 amide bonds. The predicted molar refractivity (Wildman–Crippen MR) is 73.9 cm³/mol. The molecule has 4 nitrogen and oxygen atoms in total. The van der Waals surface area contributed by atoms with Crippen LogP contribution in [-0.4, -0.2) is 9.78 Å². The van der Waals surface area contributed by atoms with E-state index in [1.54, 1.807) is 10.9 Å². The number of para-hydroxylation sites is 1. The molecule has 19 heavy (non-hydrogen) atoms. The molecular weight excluding hydrogens is 236 g/mol. The summed E-state index contributed by atoms with van der Waals surface area (Å²) in [5.74, 6) is 0.953. The highest BCUT2D eigenvalue weighted by Gasteiger charge is 2.43. The van der Waals surface area contributed by atoms with Gasteiger partial charge in [-0.05, 0) is 30.9 Å². The Hall–Kier alpha value is -2.28. The van der Waals surface area contributed by atoms with Gasteiger partial charge in [-0.15, -0.1) is 0 Å². The Balaban J connectivity index is 1.86. The summed E-state index contributed by atoms with van der Waals surface area (Å²) in [7, 11) is 1.91. The van der Waals surface area contributed by atoms with Crippen molar-refractivity contribution in [2.75, 3.05) is 5.32 Å². The summed E-state index contributed by atoms with van der Waals surface area (Å²) in [4.78, 5) is 0.